The molecule has 138 valence electrons. The molecule has 0 unspecified atom stereocenters. The molecule has 1 aliphatic heterocycles. The Balaban J connectivity index is 2.15. The molecule has 1 aliphatic rings. The highest BCUT2D eigenvalue weighted by Gasteiger charge is 2.43. The minimum Gasteiger partial charge on any atom is -0.496 e. The summed E-state index contributed by atoms with van der Waals surface area (Å²) < 4.78 is 10.1. The lowest BCUT2D eigenvalue weighted by molar-refractivity contribution is -0.146. The summed E-state index contributed by atoms with van der Waals surface area (Å²) in [7, 11) is 2.99. The molecule has 1 saturated heterocycles. The van der Waals surface area contributed by atoms with E-state index in [-0.39, 0.29) is 6.54 Å². The van der Waals surface area contributed by atoms with Crippen LogP contribution < -0.4 is 10.1 Å². The average molecular weight is 360 g/mol. The quantitative estimate of drug-likeness (QED) is 0.422. The molecule has 0 bridgehead atoms. The van der Waals surface area contributed by atoms with Crippen LogP contribution in [-0.2, 0) is 19.1 Å². The molecule has 1 aromatic carbocycles. The molecular weight excluding hydrogens is 340 g/mol. The molecular formula is C18H20N2O6. The minimum absolute atomic E-state index is 0.0613. The Bertz CT molecular complexity index is 743. The maximum atomic E-state index is 12.4. The third kappa shape index (κ3) is 4.34. The summed E-state index contributed by atoms with van der Waals surface area (Å²) in [6.45, 7) is 0.406. The third-order valence-electron chi connectivity index (χ3n) is 3.83. The summed E-state index contributed by atoms with van der Waals surface area (Å²) in [5.41, 5.74) is 0.625. The van der Waals surface area contributed by atoms with Crippen molar-refractivity contribution in [2.45, 2.75) is 6.42 Å². The van der Waals surface area contributed by atoms with Crippen LogP contribution in [-0.4, -0.2) is 55.9 Å². The van der Waals surface area contributed by atoms with Gasteiger partial charge >= 0.3 is 6.03 Å². The number of rotatable bonds is 8. The first kappa shape index (κ1) is 19.3. The lowest BCUT2D eigenvalue weighted by Crippen LogP contribution is -2.59. The number of ether oxygens (including phenoxy) is 2. The van der Waals surface area contributed by atoms with Gasteiger partial charge in [0.05, 0.1) is 7.11 Å². The van der Waals surface area contributed by atoms with Crippen LogP contribution in [0.3, 0.4) is 0 Å². The van der Waals surface area contributed by atoms with Gasteiger partial charge in [-0.15, -0.1) is 0 Å². The molecule has 4 amide bonds. The molecule has 0 aliphatic carbocycles. The highest BCUT2D eigenvalue weighted by Crippen LogP contribution is 2.20. The van der Waals surface area contributed by atoms with Crippen molar-refractivity contribution in [2.24, 2.45) is 5.92 Å². The Morgan fingerprint density at radius 2 is 1.96 bits per heavy atom. The van der Waals surface area contributed by atoms with E-state index in [2.05, 4.69) is 0 Å². The third-order valence-corrected chi connectivity index (χ3v) is 3.83. The maximum absolute atomic E-state index is 12.4. The summed E-state index contributed by atoms with van der Waals surface area (Å²) in [5, 5.41) is 2.05. The molecule has 1 heterocycles. The number of hydrogen-bond acceptors (Lipinski definition) is 6. The van der Waals surface area contributed by atoms with Crippen molar-refractivity contribution in [1.82, 2.24) is 10.2 Å². The molecule has 0 aromatic heterocycles. The van der Waals surface area contributed by atoms with E-state index in [4.69, 9.17) is 9.47 Å². The predicted octanol–water partition coefficient (Wildman–Crippen LogP) is 1.01. The molecule has 0 saturated carbocycles. The summed E-state index contributed by atoms with van der Waals surface area (Å²) in [4.78, 5) is 49.5. The number of para-hydroxylation sites is 1. The summed E-state index contributed by atoms with van der Waals surface area (Å²) in [5.74, 6) is -3.49. The van der Waals surface area contributed by atoms with E-state index in [9.17, 15) is 19.2 Å². The number of barbiturate groups is 1. The highest BCUT2D eigenvalue weighted by atomic mass is 16.5. The average Bonchev–Trinajstić information content (AvgIpc) is 2.62. The Kier molecular flexibility index (Phi) is 6.62. The van der Waals surface area contributed by atoms with Gasteiger partial charge in [0.15, 0.2) is 11.7 Å². The van der Waals surface area contributed by atoms with E-state index in [1.807, 2.05) is 5.32 Å². The fourth-order valence-corrected chi connectivity index (χ4v) is 2.52. The lowest BCUT2D eigenvalue weighted by Gasteiger charge is -2.28. The van der Waals surface area contributed by atoms with Crippen LogP contribution in [0, 0.1) is 5.92 Å². The molecule has 1 aromatic rings. The van der Waals surface area contributed by atoms with Crippen molar-refractivity contribution in [3.63, 3.8) is 0 Å². The number of ketones is 1. The van der Waals surface area contributed by atoms with Gasteiger partial charge in [-0.25, -0.2) is 4.79 Å². The second kappa shape index (κ2) is 8.91. The van der Waals surface area contributed by atoms with Gasteiger partial charge in [-0.3, -0.25) is 24.6 Å². The van der Waals surface area contributed by atoms with Crippen LogP contribution in [0.15, 0.2) is 30.3 Å². The standard InChI is InChI=1S/C18H20N2O6/c1-25-11-5-10-20-17(23)15(16(22)19-18(20)24)13(21)9-8-12-6-3-4-7-14(12)26-2/h3-4,6-9,15H,5,10-11H2,1-2H3,(H,19,22,24)/b9-8+/t15-/m1/s1. The van der Waals surface area contributed by atoms with Gasteiger partial charge in [-0.2, -0.15) is 0 Å². The number of hydrogen-bond donors (Lipinski definition) is 1. The van der Waals surface area contributed by atoms with Crippen LogP contribution in [0.25, 0.3) is 6.08 Å². The summed E-state index contributed by atoms with van der Waals surface area (Å²) in [6.07, 6.45) is 3.01. The van der Waals surface area contributed by atoms with E-state index >= 15 is 0 Å². The number of carbonyl (C=O) groups excluding carboxylic acids is 4. The van der Waals surface area contributed by atoms with Crippen molar-refractivity contribution in [1.29, 1.82) is 0 Å². The fourth-order valence-electron chi connectivity index (χ4n) is 2.52. The van der Waals surface area contributed by atoms with E-state index in [1.165, 1.54) is 20.3 Å². The number of benzene rings is 1. The number of nitrogens with one attached hydrogen (secondary N) is 1. The maximum Gasteiger partial charge on any atom is 0.330 e. The molecule has 1 N–H and O–H groups in total. The monoisotopic (exact) mass is 360 g/mol. The largest absolute Gasteiger partial charge is 0.496 e. The number of methoxy groups -OCH3 is 2. The van der Waals surface area contributed by atoms with E-state index in [0.717, 1.165) is 11.0 Å². The first-order valence-electron chi connectivity index (χ1n) is 7.99. The predicted molar refractivity (Wildman–Crippen MR) is 92.3 cm³/mol. The zero-order valence-electron chi connectivity index (χ0n) is 14.6. The second-order valence-corrected chi connectivity index (χ2v) is 5.54. The van der Waals surface area contributed by atoms with Gasteiger partial charge in [-0.1, -0.05) is 18.2 Å². The Morgan fingerprint density at radius 1 is 1.23 bits per heavy atom. The zero-order chi connectivity index (χ0) is 19.1. The molecule has 0 spiro atoms. The Labute approximate surface area is 150 Å². The van der Waals surface area contributed by atoms with Crippen molar-refractivity contribution in [3.8, 4) is 5.75 Å². The molecule has 1 fully saturated rings. The van der Waals surface area contributed by atoms with Gasteiger partial charge in [-0.05, 0) is 24.6 Å². The van der Waals surface area contributed by atoms with Gasteiger partial charge in [0, 0.05) is 25.8 Å². The van der Waals surface area contributed by atoms with Crippen LogP contribution >= 0.6 is 0 Å². The summed E-state index contributed by atoms with van der Waals surface area (Å²) >= 11 is 0. The molecule has 8 nitrogen and oxygen atoms in total. The first-order chi connectivity index (χ1) is 12.5. The fraction of sp³-hybridized carbons (Fsp3) is 0.333. The SMILES string of the molecule is COCCCN1C(=O)NC(=O)[C@@H](C(=O)/C=C/c2ccccc2OC)C1=O. The van der Waals surface area contributed by atoms with Crippen LogP contribution in [0.2, 0.25) is 0 Å². The van der Waals surface area contributed by atoms with Gasteiger partial charge < -0.3 is 9.47 Å². The Hall–Kier alpha value is -3.00. The topological polar surface area (TPSA) is 102 Å². The molecule has 1 atom stereocenters. The van der Waals surface area contributed by atoms with Crippen LogP contribution in [0.1, 0.15) is 12.0 Å². The first-order valence-corrected chi connectivity index (χ1v) is 7.99. The minimum atomic E-state index is -1.58. The van der Waals surface area contributed by atoms with Crippen molar-refractivity contribution in [3.05, 3.63) is 35.9 Å². The number of urea groups is 1. The normalized spacial score (nSPS) is 17.5. The molecule has 2 rings (SSSR count). The van der Waals surface area contributed by atoms with Gasteiger partial charge in [0.1, 0.15) is 5.75 Å². The number of nitrogens with zero attached hydrogens (tertiary/aromatic N) is 1. The molecule has 0 radical (unpaired) electrons. The smallest absolute Gasteiger partial charge is 0.330 e. The zero-order valence-corrected chi connectivity index (χ0v) is 14.6. The molecule has 26 heavy (non-hydrogen) atoms. The number of amides is 4. The van der Waals surface area contributed by atoms with E-state index in [1.54, 1.807) is 24.3 Å². The van der Waals surface area contributed by atoms with Crippen LogP contribution in [0.4, 0.5) is 4.79 Å². The summed E-state index contributed by atoms with van der Waals surface area (Å²) in [6, 6.07) is 6.17. The highest BCUT2D eigenvalue weighted by molar-refractivity contribution is 6.28. The van der Waals surface area contributed by atoms with Crippen molar-refractivity contribution >= 4 is 29.7 Å². The van der Waals surface area contributed by atoms with Crippen molar-refractivity contribution < 1.29 is 28.7 Å². The molecule has 8 heteroatoms. The van der Waals surface area contributed by atoms with Gasteiger partial charge in [0.25, 0.3) is 5.91 Å². The second-order valence-electron chi connectivity index (χ2n) is 5.54. The number of imide groups is 2. The number of allylic oxidation sites excluding steroid dienone is 1. The van der Waals surface area contributed by atoms with Crippen LogP contribution in [0.5, 0.6) is 5.75 Å². The van der Waals surface area contributed by atoms with Gasteiger partial charge in [0.2, 0.25) is 5.91 Å². The van der Waals surface area contributed by atoms with E-state index < -0.39 is 29.5 Å². The Morgan fingerprint density at radius 3 is 2.65 bits per heavy atom. The number of carbonyl (C=O) groups is 4. The lowest BCUT2D eigenvalue weighted by atomic mass is 9.98. The van der Waals surface area contributed by atoms with Crippen molar-refractivity contribution in [2.75, 3.05) is 27.4 Å². The van der Waals surface area contributed by atoms with E-state index in [0.29, 0.717) is 24.3 Å².